The summed E-state index contributed by atoms with van der Waals surface area (Å²) in [7, 11) is 1.94. The molecule has 0 aliphatic carbocycles. The third kappa shape index (κ3) is 4.50. The Morgan fingerprint density at radius 3 is 2.34 bits per heavy atom. The van der Waals surface area contributed by atoms with E-state index >= 15 is 0 Å². The van der Waals surface area contributed by atoms with E-state index in [9.17, 15) is 9.59 Å². The summed E-state index contributed by atoms with van der Waals surface area (Å²) in [4.78, 5) is 26.4. The lowest BCUT2D eigenvalue weighted by Gasteiger charge is -2.23. The van der Waals surface area contributed by atoms with Crippen LogP contribution >= 0.6 is 0 Å². The van der Waals surface area contributed by atoms with E-state index in [1.807, 2.05) is 62.2 Å². The number of hydrogen-bond acceptors (Lipinski definition) is 5. The van der Waals surface area contributed by atoms with Gasteiger partial charge in [-0.3, -0.25) is 4.79 Å². The number of aryl methyl sites for hydroxylation is 2. The van der Waals surface area contributed by atoms with Crippen molar-refractivity contribution >= 4 is 17.4 Å². The topological polar surface area (TPSA) is 55.8 Å². The number of carbonyl (C=O) groups excluding carboxylic acids is 2. The van der Waals surface area contributed by atoms with Gasteiger partial charge in [0.2, 0.25) is 0 Å². The van der Waals surface area contributed by atoms with Gasteiger partial charge in [-0.05, 0) is 48.7 Å². The fourth-order valence-corrected chi connectivity index (χ4v) is 3.80. The van der Waals surface area contributed by atoms with E-state index in [2.05, 4.69) is 19.9 Å². The van der Waals surface area contributed by atoms with E-state index in [4.69, 9.17) is 9.47 Å². The Labute approximate surface area is 171 Å². The fourth-order valence-electron chi connectivity index (χ4n) is 3.80. The Morgan fingerprint density at radius 1 is 1.03 bits per heavy atom. The van der Waals surface area contributed by atoms with Crippen molar-refractivity contribution in [3.8, 4) is 5.75 Å². The Morgan fingerprint density at radius 2 is 1.69 bits per heavy atom. The van der Waals surface area contributed by atoms with Gasteiger partial charge in [-0.25, -0.2) is 4.79 Å². The van der Waals surface area contributed by atoms with Gasteiger partial charge in [-0.2, -0.15) is 0 Å². The monoisotopic (exact) mass is 393 g/mol. The molecule has 0 N–H and O–H groups in total. The molecular weight excluding hydrogens is 366 g/mol. The Balaban J connectivity index is 1.57. The van der Waals surface area contributed by atoms with Crippen LogP contribution in [0.4, 0.5) is 5.69 Å². The lowest BCUT2D eigenvalue weighted by atomic mass is 9.83. The van der Waals surface area contributed by atoms with E-state index in [1.165, 1.54) is 5.56 Å². The number of allylic oxidation sites excluding steroid dienone is 1. The molecule has 0 fully saturated rings. The first-order valence-electron chi connectivity index (χ1n) is 9.63. The molecule has 2 aromatic rings. The molecule has 152 valence electrons. The zero-order chi connectivity index (χ0) is 21.2. The fraction of sp³-hybridized carbons (Fsp3) is 0.333. The quantitative estimate of drug-likeness (QED) is 0.546. The first-order chi connectivity index (χ1) is 13.7. The highest BCUT2D eigenvalue weighted by atomic mass is 16.6. The summed E-state index contributed by atoms with van der Waals surface area (Å²) >= 11 is 0. The van der Waals surface area contributed by atoms with Crippen molar-refractivity contribution in [1.29, 1.82) is 0 Å². The first-order valence-corrected chi connectivity index (χ1v) is 9.63. The Hall–Kier alpha value is -3.08. The summed E-state index contributed by atoms with van der Waals surface area (Å²) in [6.07, 6.45) is 1.57. The van der Waals surface area contributed by atoms with Crippen molar-refractivity contribution in [2.75, 3.05) is 25.2 Å². The molecule has 1 heterocycles. The molecule has 5 nitrogen and oxygen atoms in total. The van der Waals surface area contributed by atoms with E-state index in [0.717, 1.165) is 22.5 Å². The number of fused-ring (bicyclic) bond motifs is 1. The van der Waals surface area contributed by atoms with Crippen LogP contribution in [0.3, 0.4) is 0 Å². The lowest BCUT2D eigenvalue weighted by molar-refractivity contribution is -0.148. The van der Waals surface area contributed by atoms with Crippen molar-refractivity contribution < 1.29 is 19.1 Å². The number of nitrogens with zero attached hydrogens (tertiary/aromatic N) is 1. The minimum Gasteiger partial charge on any atom is -0.482 e. The maximum Gasteiger partial charge on any atom is 0.344 e. The van der Waals surface area contributed by atoms with Gasteiger partial charge in [-0.15, -0.1) is 0 Å². The highest BCUT2D eigenvalue weighted by molar-refractivity contribution is 5.94. The molecule has 3 rings (SSSR count). The number of ketones is 1. The molecule has 29 heavy (non-hydrogen) atoms. The van der Waals surface area contributed by atoms with Crippen LogP contribution in [0.15, 0.2) is 54.2 Å². The summed E-state index contributed by atoms with van der Waals surface area (Å²) in [5.41, 5.74) is 4.94. The average Bonchev–Trinajstić information content (AvgIpc) is 2.85. The van der Waals surface area contributed by atoms with Crippen LogP contribution < -0.4 is 9.64 Å². The number of ether oxygens (including phenoxy) is 2. The smallest absolute Gasteiger partial charge is 0.344 e. The Kier molecular flexibility index (Phi) is 5.78. The van der Waals surface area contributed by atoms with Crippen molar-refractivity contribution in [1.82, 2.24) is 0 Å². The SMILES string of the molecule is Cc1cc(C)cc(OCC(=O)OCC(=O)C=C2N(C)c3ccccc3C2(C)C)c1. The van der Waals surface area contributed by atoms with Gasteiger partial charge in [0.25, 0.3) is 0 Å². The zero-order valence-electron chi connectivity index (χ0n) is 17.6. The summed E-state index contributed by atoms with van der Waals surface area (Å²) in [6.45, 7) is 7.55. The number of benzene rings is 2. The van der Waals surface area contributed by atoms with Crippen LogP contribution in [0.5, 0.6) is 5.75 Å². The average molecular weight is 393 g/mol. The summed E-state index contributed by atoms with van der Waals surface area (Å²) in [6, 6.07) is 13.8. The van der Waals surface area contributed by atoms with Gasteiger partial charge in [0.05, 0.1) is 0 Å². The van der Waals surface area contributed by atoms with Gasteiger partial charge in [0, 0.05) is 29.9 Å². The lowest BCUT2D eigenvalue weighted by Crippen LogP contribution is -2.25. The normalized spacial score (nSPS) is 15.9. The number of rotatable bonds is 6. The minimum absolute atomic E-state index is 0.233. The molecule has 1 aliphatic rings. The third-order valence-corrected chi connectivity index (χ3v) is 5.17. The van der Waals surface area contributed by atoms with Crippen LogP contribution in [-0.2, 0) is 19.7 Å². The first kappa shape index (κ1) is 20.6. The molecule has 0 unspecified atom stereocenters. The number of esters is 1. The standard InChI is InChI=1S/C24H27NO4/c1-16-10-17(2)12-19(11-16)28-15-23(27)29-14-18(26)13-22-24(3,4)20-8-6-7-9-21(20)25(22)5/h6-13H,14-15H2,1-5H3. The zero-order valence-corrected chi connectivity index (χ0v) is 17.6. The molecule has 1 aliphatic heterocycles. The number of anilines is 1. The number of hydrogen-bond donors (Lipinski definition) is 0. The van der Waals surface area contributed by atoms with Crippen molar-refractivity contribution in [2.45, 2.75) is 33.1 Å². The summed E-state index contributed by atoms with van der Waals surface area (Å²) < 4.78 is 10.6. The molecule has 0 atom stereocenters. The molecule has 0 bridgehead atoms. The maximum atomic E-state index is 12.4. The molecule has 5 heteroatoms. The van der Waals surface area contributed by atoms with Crippen LogP contribution in [0, 0.1) is 13.8 Å². The van der Waals surface area contributed by atoms with Gasteiger partial charge in [-0.1, -0.05) is 38.1 Å². The highest BCUT2D eigenvalue weighted by Gasteiger charge is 2.38. The van der Waals surface area contributed by atoms with Gasteiger partial charge in [0.15, 0.2) is 19.0 Å². The second-order valence-corrected chi connectivity index (χ2v) is 7.97. The largest absolute Gasteiger partial charge is 0.482 e. The molecule has 0 radical (unpaired) electrons. The summed E-state index contributed by atoms with van der Waals surface area (Å²) in [5.74, 6) is -0.217. The third-order valence-electron chi connectivity index (χ3n) is 5.17. The van der Waals surface area contributed by atoms with Crippen LogP contribution in [0.2, 0.25) is 0 Å². The van der Waals surface area contributed by atoms with Gasteiger partial charge >= 0.3 is 5.97 Å². The van der Waals surface area contributed by atoms with Crippen LogP contribution in [0.25, 0.3) is 0 Å². The Bertz CT molecular complexity index is 954. The van der Waals surface area contributed by atoms with Gasteiger partial charge < -0.3 is 14.4 Å². The van der Waals surface area contributed by atoms with E-state index in [0.29, 0.717) is 5.75 Å². The second kappa shape index (κ2) is 8.11. The van der Waals surface area contributed by atoms with Gasteiger partial charge in [0.1, 0.15) is 5.75 Å². The predicted molar refractivity (Wildman–Crippen MR) is 113 cm³/mol. The number of para-hydroxylation sites is 1. The molecule has 0 saturated carbocycles. The molecule has 2 aromatic carbocycles. The maximum absolute atomic E-state index is 12.4. The highest BCUT2D eigenvalue weighted by Crippen LogP contribution is 2.46. The van der Waals surface area contributed by atoms with Crippen LogP contribution in [-0.4, -0.2) is 32.0 Å². The molecule has 0 saturated heterocycles. The number of carbonyl (C=O) groups is 2. The second-order valence-electron chi connectivity index (χ2n) is 7.97. The van der Waals surface area contributed by atoms with E-state index in [1.54, 1.807) is 6.08 Å². The minimum atomic E-state index is -0.571. The van der Waals surface area contributed by atoms with Crippen LogP contribution in [0.1, 0.15) is 30.5 Å². The molecule has 0 aromatic heterocycles. The van der Waals surface area contributed by atoms with E-state index < -0.39 is 5.97 Å². The molecule has 0 amide bonds. The molecular formula is C24H27NO4. The van der Waals surface area contributed by atoms with E-state index in [-0.39, 0.29) is 24.4 Å². The predicted octanol–water partition coefficient (Wildman–Crippen LogP) is 4.11. The summed E-state index contributed by atoms with van der Waals surface area (Å²) in [5, 5.41) is 0. The molecule has 0 spiro atoms. The number of likely N-dealkylation sites (N-methyl/N-ethyl adjacent to an activating group) is 1. The van der Waals surface area contributed by atoms with Crippen molar-refractivity contribution in [2.24, 2.45) is 0 Å². The van der Waals surface area contributed by atoms with Crippen molar-refractivity contribution in [3.63, 3.8) is 0 Å². The van der Waals surface area contributed by atoms with Crippen molar-refractivity contribution in [3.05, 3.63) is 70.9 Å².